The van der Waals surface area contributed by atoms with Gasteiger partial charge in [-0.15, -0.1) is 0 Å². The van der Waals surface area contributed by atoms with Gasteiger partial charge in [0.1, 0.15) is 17.8 Å². The molecule has 1 aromatic rings. The maximum atomic E-state index is 13.0. The third kappa shape index (κ3) is 5.45. The number of nitrogens with zero attached hydrogens (tertiary/aromatic N) is 4. The number of halogens is 3. The minimum absolute atomic E-state index is 0.00164. The van der Waals surface area contributed by atoms with Crippen molar-refractivity contribution in [1.29, 1.82) is 0 Å². The summed E-state index contributed by atoms with van der Waals surface area (Å²) in [5.74, 6) is 0.216. The number of carbonyl (C=O) groups excluding carboxylic acids is 1. The Bertz CT molecular complexity index is 794. The van der Waals surface area contributed by atoms with Crippen LogP contribution >= 0.6 is 0 Å². The summed E-state index contributed by atoms with van der Waals surface area (Å²) in [6.45, 7) is 7.88. The zero-order valence-electron chi connectivity index (χ0n) is 17.2. The second-order valence-corrected chi connectivity index (χ2v) is 8.07. The van der Waals surface area contributed by atoms with E-state index < -0.39 is 23.2 Å². The van der Waals surface area contributed by atoms with Gasteiger partial charge in [0.25, 0.3) is 0 Å². The number of hydrogen-bond donors (Lipinski definition) is 1. The van der Waals surface area contributed by atoms with E-state index >= 15 is 0 Å². The van der Waals surface area contributed by atoms with E-state index in [1.54, 1.807) is 4.90 Å². The molecule has 2 aliphatic rings. The van der Waals surface area contributed by atoms with Crippen LogP contribution in [0.25, 0.3) is 0 Å². The molecule has 11 heteroatoms. The number of ether oxygens (including phenoxy) is 2. The molecular formula is C19H26F3N5O3. The van der Waals surface area contributed by atoms with Gasteiger partial charge in [-0.25, -0.2) is 9.78 Å². The van der Waals surface area contributed by atoms with Crippen LogP contribution in [-0.2, 0) is 10.9 Å². The third-order valence-electron chi connectivity index (χ3n) is 4.56. The summed E-state index contributed by atoms with van der Waals surface area (Å²) < 4.78 is 49.5. The van der Waals surface area contributed by atoms with Crippen molar-refractivity contribution in [1.82, 2.24) is 20.1 Å². The fourth-order valence-corrected chi connectivity index (χ4v) is 3.25. The van der Waals surface area contributed by atoms with Gasteiger partial charge in [-0.05, 0) is 32.9 Å². The van der Waals surface area contributed by atoms with Gasteiger partial charge in [0.05, 0.1) is 19.1 Å². The van der Waals surface area contributed by atoms with E-state index in [1.165, 1.54) is 12.3 Å². The van der Waals surface area contributed by atoms with Crippen molar-refractivity contribution >= 4 is 12.1 Å². The molecule has 0 saturated carbocycles. The number of amides is 1. The topological polar surface area (TPSA) is 79.3 Å². The molecule has 1 aromatic heterocycles. The lowest BCUT2D eigenvalue weighted by atomic mass is 10.2. The highest BCUT2D eigenvalue weighted by atomic mass is 19.4. The Labute approximate surface area is 173 Å². The van der Waals surface area contributed by atoms with Gasteiger partial charge in [0.2, 0.25) is 5.88 Å². The first-order valence-electron chi connectivity index (χ1n) is 9.72. The summed E-state index contributed by atoms with van der Waals surface area (Å²) in [7, 11) is 0. The predicted octanol–water partition coefficient (Wildman–Crippen LogP) is 2.36. The molecule has 1 amide bonds. The quantitative estimate of drug-likeness (QED) is 0.741. The monoisotopic (exact) mass is 429 g/mol. The SMILES string of the molecule is CC(C)(C)OC(=O)N1CCN2C(NCCOc3ncccc3C(F)(F)F)=NCC2C1. The molecule has 1 fully saturated rings. The normalized spacial score (nSPS) is 19.3. The zero-order chi connectivity index (χ0) is 21.9. The van der Waals surface area contributed by atoms with Crippen molar-refractivity contribution in [3.8, 4) is 5.88 Å². The Balaban J connectivity index is 1.46. The third-order valence-corrected chi connectivity index (χ3v) is 4.56. The van der Waals surface area contributed by atoms with Crippen molar-refractivity contribution in [2.75, 3.05) is 39.3 Å². The molecule has 2 aliphatic heterocycles. The first-order valence-corrected chi connectivity index (χ1v) is 9.72. The van der Waals surface area contributed by atoms with Crippen LogP contribution in [0.3, 0.4) is 0 Å². The average Bonchev–Trinajstić information content (AvgIpc) is 3.05. The van der Waals surface area contributed by atoms with E-state index in [-0.39, 0.29) is 25.3 Å². The fourth-order valence-electron chi connectivity index (χ4n) is 3.25. The maximum Gasteiger partial charge on any atom is 0.421 e. The minimum atomic E-state index is -4.52. The van der Waals surface area contributed by atoms with Crippen molar-refractivity contribution in [2.24, 2.45) is 4.99 Å². The molecule has 3 rings (SSSR count). The molecular weight excluding hydrogens is 403 g/mol. The standard InChI is InChI=1S/C19H26F3N5O3/c1-18(2,3)30-17(28)26-8-9-27-13(12-26)11-25-16(27)24-7-10-29-15-14(19(20,21)22)5-4-6-23-15/h4-6,13H,7-12H2,1-3H3,(H,24,25). The molecule has 166 valence electrons. The largest absolute Gasteiger partial charge is 0.475 e. The number of fused-ring (bicyclic) bond motifs is 1. The molecule has 0 aliphatic carbocycles. The van der Waals surface area contributed by atoms with Crippen LogP contribution in [0, 0.1) is 0 Å². The molecule has 1 N–H and O–H groups in total. The number of rotatable bonds is 4. The van der Waals surface area contributed by atoms with Crippen molar-refractivity contribution in [2.45, 2.75) is 38.6 Å². The number of guanidine groups is 1. The molecule has 0 aromatic carbocycles. The molecule has 0 bridgehead atoms. The lowest BCUT2D eigenvalue weighted by molar-refractivity contribution is -0.139. The molecule has 1 unspecified atom stereocenters. The number of pyridine rings is 1. The molecule has 1 atom stereocenters. The summed E-state index contributed by atoms with van der Waals surface area (Å²) in [6.07, 6.45) is -3.60. The number of aliphatic imine (C=N–C) groups is 1. The van der Waals surface area contributed by atoms with Gasteiger partial charge in [0, 0.05) is 25.8 Å². The minimum Gasteiger partial charge on any atom is -0.475 e. The fraction of sp³-hybridized carbons (Fsp3) is 0.632. The first kappa shape index (κ1) is 22.0. The van der Waals surface area contributed by atoms with Crippen LogP contribution in [0.2, 0.25) is 0 Å². The Morgan fingerprint density at radius 1 is 1.30 bits per heavy atom. The van der Waals surface area contributed by atoms with Crippen LogP contribution < -0.4 is 10.1 Å². The van der Waals surface area contributed by atoms with Crippen LogP contribution in [0.15, 0.2) is 23.3 Å². The molecule has 3 heterocycles. The van der Waals surface area contributed by atoms with E-state index in [0.29, 0.717) is 32.1 Å². The van der Waals surface area contributed by atoms with Crippen molar-refractivity contribution in [3.05, 3.63) is 23.9 Å². The van der Waals surface area contributed by atoms with Gasteiger partial charge < -0.3 is 24.6 Å². The van der Waals surface area contributed by atoms with Crippen LogP contribution in [-0.4, -0.2) is 77.8 Å². The Hall–Kier alpha value is -2.72. The number of nitrogens with one attached hydrogen (secondary N) is 1. The van der Waals surface area contributed by atoms with Gasteiger partial charge in [-0.3, -0.25) is 4.99 Å². The summed E-state index contributed by atoms with van der Waals surface area (Å²) in [5, 5.41) is 3.10. The Morgan fingerprint density at radius 2 is 2.07 bits per heavy atom. The predicted molar refractivity (Wildman–Crippen MR) is 103 cm³/mol. The summed E-state index contributed by atoms with van der Waals surface area (Å²) in [6, 6.07) is 2.20. The van der Waals surface area contributed by atoms with Gasteiger partial charge >= 0.3 is 12.3 Å². The first-order chi connectivity index (χ1) is 14.0. The van der Waals surface area contributed by atoms with Crippen molar-refractivity contribution < 1.29 is 27.4 Å². The number of hydrogen-bond acceptors (Lipinski definition) is 7. The summed E-state index contributed by atoms with van der Waals surface area (Å²) in [4.78, 5) is 24.1. The Kier molecular flexibility index (Phi) is 6.27. The number of aromatic nitrogens is 1. The van der Waals surface area contributed by atoms with Gasteiger partial charge in [0.15, 0.2) is 5.96 Å². The summed E-state index contributed by atoms with van der Waals surface area (Å²) in [5.41, 5.74) is -1.45. The average molecular weight is 429 g/mol. The zero-order valence-corrected chi connectivity index (χ0v) is 17.2. The van der Waals surface area contributed by atoms with Crippen LogP contribution in [0.4, 0.5) is 18.0 Å². The van der Waals surface area contributed by atoms with Gasteiger partial charge in [-0.2, -0.15) is 13.2 Å². The lowest BCUT2D eigenvalue weighted by Crippen LogP contribution is -2.57. The number of alkyl halides is 3. The summed E-state index contributed by atoms with van der Waals surface area (Å²) >= 11 is 0. The highest BCUT2D eigenvalue weighted by Crippen LogP contribution is 2.34. The maximum absolute atomic E-state index is 13.0. The second-order valence-electron chi connectivity index (χ2n) is 8.07. The van der Waals surface area contributed by atoms with E-state index in [9.17, 15) is 18.0 Å². The molecule has 30 heavy (non-hydrogen) atoms. The molecule has 1 saturated heterocycles. The van der Waals surface area contributed by atoms with E-state index in [2.05, 4.69) is 20.2 Å². The van der Waals surface area contributed by atoms with E-state index in [4.69, 9.17) is 9.47 Å². The Morgan fingerprint density at radius 3 is 2.77 bits per heavy atom. The van der Waals surface area contributed by atoms with E-state index in [0.717, 1.165) is 6.07 Å². The van der Waals surface area contributed by atoms with E-state index in [1.807, 2.05) is 20.8 Å². The van der Waals surface area contributed by atoms with Crippen molar-refractivity contribution in [3.63, 3.8) is 0 Å². The lowest BCUT2D eigenvalue weighted by Gasteiger charge is -2.39. The highest BCUT2D eigenvalue weighted by molar-refractivity contribution is 5.82. The van der Waals surface area contributed by atoms with Gasteiger partial charge in [-0.1, -0.05) is 0 Å². The molecule has 8 nitrogen and oxygen atoms in total. The number of carbonyl (C=O) groups is 1. The molecule has 0 spiro atoms. The van der Waals surface area contributed by atoms with Crippen LogP contribution in [0.1, 0.15) is 26.3 Å². The second kappa shape index (κ2) is 8.57. The highest BCUT2D eigenvalue weighted by Gasteiger charge is 2.37. The number of piperazine rings is 1. The van der Waals surface area contributed by atoms with Crippen LogP contribution in [0.5, 0.6) is 5.88 Å². The molecule has 0 radical (unpaired) electrons. The smallest absolute Gasteiger partial charge is 0.421 e.